The highest BCUT2D eigenvalue weighted by molar-refractivity contribution is 6.64. The second-order valence-electron chi connectivity index (χ2n) is 7.77. The first-order chi connectivity index (χ1) is 13.8. The Morgan fingerprint density at radius 2 is 1.90 bits per heavy atom. The van der Waals surface area contributed by atoms with E-state index in [4.69, 9.17) is 16.3 Å². The summed E-state index contributed by atoms with van der Waals surface area (Å²) in [7, 11) is 1.64. The Morgan fingerprint density at radius 1 is 1.17 bits per heavy atom. The van der Waals surface area contributed by atoms with Crippen molar-refractivity contribution in [2.75, 3.05) is 13.7 Å². The van der Waals surface area contributed by atoms with Crippen molar-refractivity contribution in [2.45, 2.75) is 46.1 Å². The van der Waals surface area contributed by atoms with Crippen LogP contribution >= 0.6 is 11.6 Å². The zero-order chi connectivity index (χ0) is 21.1. The molecule has 154 valence electrons. The van der Waals surface area contributed by atoms with E-state index < -0.39 is 11.2 Å². The van der Waals surface area contributed by atoms with E-state index in [2.05, 4.69) is 18.2 Å². The Hall–Kier alpha value is -2.33. The molecule has 0 heterocycles. The van der Waals surface area contributed by atoms with Gasteiger partial charge in [-0.15, -0.1) is 0 Å². The molecule has 5 heteroatoms. The molecule has 0 N–H and O–H groups in total. The van der Waals surface area contributed by atoms with Gasteiger partial charge in [0.05, 0.1) is 13.0 Å². The zero-order valence-electron chi connectivity index (χ0n) is 17.5. The third kappa shape index (κ3) is 4.81. The fraction of sp³-hybridized carbons (Fsp3) is 0.417. The van der Waals surface area contributed by atoms with Crippen LogP contribution in [0.25, 0.3) is 11.1 Å². The van der Waals surface area contributed by atoms with E-state index in [1.165, 1.54) is 0 Å². The molecule has 3 rings (SSSR count). The summed E-state index contributed by atoms with van der Waals surface area (Å²) in [5.41, 5.74) is 4.96. The van der Waals surface area contributed by atoms with Crippen LogP contribution in [0.5, 0.6) is 5.75 Å². The highest BCUT2D eigenvalue weighted by Gasteiger charge is 2.33. The molecule has 0 spiro atoms. The van der Waals surface area contributed by atoms with E-state index in [-0.39, 0.29) is 11.8 Å². The van der Waals surface area contributed by atoms with Crippen molar-refractivity contribution < 1.29 is 14.3 Å². The van der Waals surface area contributed by atoms with Crippen molar-refractivity contribution in [1.29, 1.82) is 0 Å². The number of hydrogen-bond donors (Lipinski definition) is 0. The number of benzene rings is 2. The lowest BCUT2D eigenvalue weighted by molar-refractivity contribution is -0.133. The van der Waals surface area contributed by atoms with E-state index in [0.29, 0.717) is 13.1 Å². The number of aryl methyl sites for hydroxylation is 1. The summed E-state index contributed by atoms with van der Waals surface area (Å²) in [6.45, 7) is 7.10. The maximum atomic E-state index is 12.7. The summed E-state index contributed by atoms with van der Waals surface area (Å²) in [4.78, 5) is 26.3. The predicted molar refractivity (Wildman–Crippen MR) is 116 cm³/mol. The Morgan fingerprint density at radius 3 is 2.48 bits per heavy atom. The largest absolute Gasteiger partial charge is 0.496 e. The first kappa shape index (κ1) is 21.4. The van der Waals surface area contributed by atoms with Crippen LogP contribution in [0.4, 0.5) is 0 Å². The number of nitrogens with zero attached hydrogens (tertiary/aromatic N) is 1. The lowest BCUT2D eigenvalue weighted by Gasteiger charge is -2.24. The zero-order valence-corrected chi connectivity index (χ0v) is 18.3. The molecule has 2 aromatic rings. The van der Waals surface area contributed by atoms with E-state index in [0.717, 1.165) is 46.4 Å². The highest BCUT2D eigenvalue weighted by atomic mass is 35.5. The van der Waals surface area contributed by atoms with Crippen LogP contribution in [0.2, 0.25) is 0 Å². The molecule has 29 heavy (non-hydrogen) atoms. The van der Waals surface area contributed by atoms with Gasteiger partial charge in [0.1, 0.15) is 5.75 Å². The van der Waals surface area contributed by atoms with Crippen molar-refractivity contribution in [3.05, 3.63) is 53.1 Å². The average Bonchev–Trinajstić information content (AvgIpc) is 3.56. The SMILES string of the molecule is CCN(Cc1cc(C)ccc1-c1cc(C(C)C(=O)Cl)ccc1OC)C(=O)C1CC1. The summed E-state index contributed by atoms with van der Waals surface area (Å²) >= 11 is 5.73. The van der Waals surface area contributed by atoms with Crippen molar-refractivity contribution in [3.8, 4) is 16.9 Å². The first-order valence-corrected chi connectivity index (χ1v) is 10.5. The third-order valence-corrected chi connectivity index (χ3v) is 5.92. The monoisotopic (exact) mass is 413 g/mol. The molecule has 1 aliphatic carbocycles. The quantitative estimate of drug-likeness (QED) is 0.552. The molecule has 2 aromatic carbocycles. The molecule has 0 radical (unpaired) electrons. The number of ether oxygens (including phenoxy) is 1. The van der Waals surface area contributed by atoms with Crippen LogP contribution in [0.1, 0.15) is 49.3 Å². The number of carbonyl (C=O) groups excluding carboxylic acids is 2. The van der Waals surface area contributed by atoms with Gasteiger partial charge in [0.25, 0.3) is 0 Å². The van der Waals surface area contributed by atoms with Gasteiger partial charge in [-0.25, -0.2) is 0 Å². The molecule has 0 aromatic heterocycles. The van der Waals surface area contributed by atoms with Crippen molar-refractivity contribution >= 4 is 22.8 Å². The summed E-state index contributed by atoms with van der Waals surface area (Å²) in [5.74, 6) is 0.752. The van der Waals surface area contributed by atoms with Crippen molar-refractivity contribution in [2.24, 2.45) is 5.92 Å². The Kier molecular flexibility index (Phi) is 6.63. The van der Waals surface area contributed by atoms with Crippen molar-refractivity contribution in [3.63, 3.8) is 0 Å². The second-order valence-corrected chi connectivity index (χ2v) is 8.15. The second kappa shape index (κ2) is 9.00. The van der Waals surface area contributed by atoms with Gasteiger partial charge < -0.3 is 9.64 Å². The topological polar surface area (TPSA) is 46.6 Å². The molecule has 1 aliphatic rings. The summed E-state index contributed by atoms with van der Waals surface area (Å²) in [6.07, 6.45) is 1.99. The third-order valence-electron chi connectivity index (χ3n) is 5.60. The van der Waals surface area contributed by atoms with Gasteiger partial charge in [-0.05, 0) is 67.1 Å². The molecule has 1 saturated carbocycles. The Bertz CT molecular complexity index is 920. The van der Waals surface area contributed by atoms with Crippen LogP contribution in [0, 0.1) is 12.8 Å². The minimum absolute atomic E-state index is 0.191. The molecule has 0 aliphatic heterocycles. The summed E-state index contributed by atoms with van der Waals surface area (Å²) < 4.78 is 5.61. The molecule has 4 nitrogen and oxygen atoms in total. The number of hydrogen-bond acceptors (Lipinski definition) is 3. The Balaban J connectivity index is 2.05. The molecule has 1 fully saturated rings. The van der Waals surface area contributed by atoms with Crippen LogP contribution in [-0.2, 0) is 16.1 Å². The first-order valence-electron chi connectivity index (χ1n) is 10.1. The van der Waals surface area contributed by atoms with Gasteiger partial charge in [-0.1, -0.05) is 36.8 Å². The van der Waals surface area contributed by atoms with Gasteiger partial charge >= 0.3 is 0 Å². The van der Waals surface area contributed by atoms with Gasteiger partial charge in [-0.2, -0.15) is 0 Å². The number of methoxy groups -OCH3 is 1. The molecular formula is C24H28ClNO3. The standard InChI is InChI=1S/C24H28ClNO3/c1-5-26(24(28)17-7-8-17)14-19-12-15(2)6-10-20(19)21-13-18(16(3)23(25)27)9-11-22(21)29-4/h6,9-13,16-17H,5,7-8,14H2,1-4H3. The van der Waals surface area contributed by atoms with Crippen LogP contribution in [0.3, 0.4) is 0 Å². The molecular weight excluding hydrogens is 386 g/mol. The van der Waals surface area contributed by atoms with Crippen LogP contribution in [0.15, 0.2) is 36.4 Å². The van der Waals surface area contributed by atoms with Gasteiger partial charge in [0, 0.05) is 24.6 Å². The molecule has 1 amide bonds. The van der Waals surface area contributed by atoms with Crippen LogP contribution in [-0.4, -0.2) is 29.7 Å². The van der Waals surface area contributed by atoms with E-state index in [1.807, 2.05) is 36.9 Å². The number of rotatable bonds is 8. The number of carbonyl (C=O) groups is 2. The minimum atomic E-state index is -0.404. The minimum Gasteiger partial charge on any atom is -0.496 e. The van der Waals surface area contributed by atoms with Gasteiger partial charge in [0.15, 0.2) is 0 Å². The van der Waals surface area contributed by atoms with E-state index >= 15 is 0 Å². The predicted octanol–water partition coefficient (Wildman–Crippen LogP) is 5.30. The van der Waals surface area contributed by atoms with E-state index in [9.17, 15) is 9.59 Å². The Labute approximate surface area is 177 Å². The number of amides is 1. The fourth-order valence-electron chi connectivity index (χ4n) is 3.59. The lowest BCUT2D eigenvalue weighted by Crippen LogP contribution is -2.31. The molecule has 0 saturated heterocycles. The van der Waals surface area contributed by atoms with Gasteiger partial charge in [0.2, 0.25) is 11.1 Å². The van der Waals surface area contributed by atoms with E-state index in [1.54, 1.807) is 14.0 Å². The maximum absolute atomic E-state index is 12.7. The molecule has 1 atom stereocenters. The molecule has 0 bridgehead atoms. The van der Waals surface area contributed by atoms with Crippen molar-refractivity contribution in [1.82, 2.24) is 4.90 Å². The highest BCUT2D eigenvalue weighted by Crippen LogP contribution is 2.37. The van der Waals surface area contributed by atoms with Crippen LogP contribution < -0.4 is 4.74 Å². The average molecular weight is 414 g/mol. The summed E-state index contributed by atoms with van der Waals surface area (Å²) in [5, 5.41) is -0.391. The summed E-state index contributed by atoms with van der Waals surface area (Å²) in [6, 6.07) is 12.0. The smallest absolute Gasteiger partial charge is 0.228 e. The number of halogens is 1. The maximum Gasteiger partial charge on any atom is 0.228 e. The normalized spacial score (nSPS) is 14.4. The van der Waals surface area contributed by atoms with Gasteiger partial charge in [-0.3, -0.25) is 9.59 Å². The lowest BCUT2D eigenvalue weighted by atomic mass is 9.92. The fourth-order valence-corrected chi connectivity index (χ4v) is 3.72. The molecule has 1 unspecified atom stereocenters.